The van der Waals surface area contributed by atoms with Crippen molar-refractivity contribution in [3.05, 3.63) is 80.4 Å². The van der Waals surface area contributed by atoms with Gasteiger partial charge >= 0.3 is 0 Å². The van der Waals surface area contributed by atoms with Crippen molar-refractivity contribution >= 4 is 50.2 Å². The van der Waals surface area contributed by atoms with Crippen LogP contribution >= 0.6 is 27.5 Å². The molecule has 29 heavy (non-hydrogen) atoms. The molecule has 0 amide bonds. The van der Waals surface area contributed by atoms with Crippen LogP contribution in [0.1, 0.15) is 18.8 Å². The average Bonchev–Trinajstić information content (AvgIpc) is 2.71. The minimum absolute atomic E-state index is 0.140. The molecule has 3 N–H and O–H groups in total. The molecule has 0 aliphatic carbocycles. The fourth-order valence-electron chi connectivity index (χ4n) is 3.08. The molecule has 0 saturated heterocycles. The minimum atomic E-state index is -0.378. The van der Waals surface area contributed by atoms with E-state index >= 15 is 0 Å². The Kier molecular flexibility index (Phi) is 5.21. The molecule has 0 saturated carbocycles. The third kappa shape index (κ3) is 3.68. The molecule has 1 unspecified atom stereocenters. The van der Waals surface area contributed by atoms with Gasteiger partial charge in [0.15, 0.2) is 0 Å². The summed E-state index contributed by atoms with van der Waals surface area (Å²) in [5.41, 5.74) is 6.69. The van der Waals surface area contributed by atoms with E-state index in [0.29, 0.717) is 37.7 Å². The number of nitrogens with zero attached hydrogens (tertiary/aromatic N) is 4. The molecule has 0 bridgehead atoms. The molecule has 9 heteroatoms. The third-order valence-electron chi connectivity index (χ3n) is 4.39. The second-order valence-corrected chi connectivity index (χ2v) is 7.63. The van der Waals surface area contributed by atoms with Gasteiger partial charge in [-0.2, -0.15) is 4.98 Å². The zero-order valence-electron chi connectivity index (χ0n) is 15.3. The van der Waals surface area contributed by atoms with Crippen LogP contribution in [-0.2, 0) is 0 Å². The predicted octanol–water partition coefficient (Wildman–Crippen LogP) is 4.35. The summed E-state index contributed by atoms with van der Waals surface area (Å²) in [6.07, 6.45) is 1.56. The summed E-state index contributed by atoms with van der Waals surface area (Å²) >= 11 is 9.72. The zero-order valence-corrected chi connectivity index (χ0v) is 17.6. The second-order valence-electron chi connectivity index (χ2n) is 6.37. The number of anilines is 2. The molecular weight excluding hydrogens is 456 g/mol. The van der Waals surface area contributed by atoms with E-state index in [1.165, 1.54) is 0 Å². The summed E-state index contributed by atoms with van der Waals surface area (Å²) in [6.45, 7) is 1.89. The number of halogens is 2. The van der Waals surface area contributed by atoms with Crippen LogP contribution in [0.2, 0.25) is 5.02 Å². The molecule has 146 valence electrons. The number of hydrogen-bond acceptors (Lipinski definition) is 6. The molecule has 2 aromatic carbocycles. The van der Waals surface area contributed by atoms with Crippen molar-refractivity contribution in [1.82, 2.24) is 19.5 Å². The van der Waals surface area contributed by atoms with E-state index < -0.39 is 0 Å². The lowest BCUT2D eigenvalue weighted by Crippen LogP contribution is -2.27. The number of hydrogen-bond donors (Lipinski definition) is 2. The summed E-state index contributed by atoms with van der Waals surface area (Å²) < 4.78 is 2.21. The van der Waals surface area contributed by atoms with Crippen molar-refractivity contribution in [2.24, 2.45) is 0 Å². The highest BCUT2D eigenvalue weighted by Crippen LogP contribution is 2.27. The van der Waals surface area contributed by atoms with E-state index in [0.717, 1.165) is 0 Å². The summed E-state index contributed by atoms with van der Waals surface area (Å²) in [7, 11) is 0. The second kappa shape index (κ2) is 7.81. The van der Waals surface area contributed by atoms with Gasteiger partial charge in [-0.05, 0) is 47.1 Å². The van der Waals surface area contributed by atoms with Crippen LogP contribution in [0.4, 0.5) is 11.8 Å². The van der Waals surface area contributed by atoms with E-state index in [1.54, 1.807) is 29.0 Å². The Morgan fingerprint density at radius 2 is 1.90 bits per heavy atom. The molecule has 4 rings (SSSR count). The van der Waals surface area contributed by atoms with E-state index in [1.807, 2.05) is 37.3 Å². The lowest BCUT2D eigenvalue weighted by atomic mass is 10.2. The van der Waals surface area contributed by atoms with Crippen LogP contribution in [0.15, 0.2) is 64.0 Å². The number of nitrogens with two attached hydrogens (primary N) is 1. The van der Waals surface area contributed by atoms with Crippen molar-refractivity contribution < 1.29 is 0 Å². The highest BCUT2D eigenvalue weighted by molar-refractivity contribution is 9.10. The first-order valence-corrected chi connectivity index (χ1v) is 9.94. The van der Waals surface area contributed by atoms with Crippen molar-refractivity contribution in [3.63, 3.8) is 0 Å². The molecular formula is C20H16BrClN6O. The Balaban J connectivity index is 1.93. The number of fused-ring (bicyclic) bond motifs is 1. The van der Waals surface area contributed by atoms with Gasteiger partial charge in [-0.1, -0.05) is 35.9 Å². The molecule has 0 fully saturated rings. The fourth-order valence-corrected chi connectivity index (χ4v) is 3.63. The maximum atomic E-state index is 13.4. The molecule has 2 heterocycles. The van der Waals surface area contributed by atoms with Gasteiger partial charge in [0.2, 0.25) is 5.95 Å². The monoisotopic (exact) mass is 470 g/mol. The smallest absolute Gasteiger partial charge is 0.267 e. The van der Waals surface area contributed by atoms with Crippen LogP contribution in [0.25, 0.3) is 16.6 Å². The van der Waals surface area contributed by atoms with Crippen LogP contribution in [0, 0.1) is 0 Å². The topological polar surface area (TPSA) is 98.7 Å². The molecule has 7 nitrogen and oxygen atoms in total. The first-order valence-electron chi connectivity index (χ1n) is 8.77. The first kappa shape index (κ1) is 19.4. The number of nitrogen functional groups attached to an aromatic ring is 1. The third-order valence-corrected chi connectivity index (χ3v) is 5.29. The average molecular weight is 472 g/mol. The van der Waals surface area contributed by atoms with Crippen molar-refractivity contribution in [3.8, 4) is 5.69 Å². The van der Waals surface area contributed by atoms with Gasteiger partial charge in [-0.15, -0.1) is 0 Å². The molecule has 0 radical (unpaired) electrons. The molecule has 1 atom stereocenters. The van der Waals surface area contributed by atoms with E-state index in [4.69, 9.17) is 22.3 Å². The zero-order chi connectivity index (χ0) is 20.5. The lowest BCUT2D eigenvalue weighted by Gasteiger charge is -2.20. The van der Waals surface area contributed by atoms with Gasteiger partial charge in [0.1, 0.15) is 11.6 Å². The standard InChI is InChI=1S/C20H16BrClN6O/c1-11(25-17-13(21)10-24-20(23)27-17)18-26-15-9-5-8-14(22)16(15)19(29)28(18)12-6-3-2-4-7-12/h2-11H,1H3,(H3,23,24,25,27). The summed E-state index contributed by atoms with van der Waals surface area (Å²) in [6, 6.07) is 14.2. The fraction of sp³-hybridized carbons (Fsp3) is 0.100. The van der Waals surface area contributed by atoms with Gasteiger partial charge in [0.25, 0.3) is 5.56 Å². The summed E-state index contributed by atoms with van der Waals surface area (Å²) in [5.74, 6) is 1.16. The maximum Gasteiger partial charge on any atom is 0.267 e. The molecule has 4 aromatic rings. The van der Waals surface area contributed by atoms with Crippen molar-refractivity contribution in [2.45, 2.75) is 13.0 Å². The summed E-state index contributed by atoms with van der Waals surface area (Å²) in [5, 5.41) is 3.99. The number of para-hydroxylation sites is 1. The van der Waals surface area contributed by atoms with Gasteiger partial charge in [0.05, 0.1) is 32.1 Å². The SMILES string of the molecule is CC(Nc1nc(N)ncc1Br)c1nc2cccc(Cl)c2c(=O)n1-c1ccccc1. The molecule has 2 aromatic heterocycles. The van der Waals surface area contributed by atoms with Crippen LogP contribution in [-0.4, -0.2) is 19.5 Å². The minimum Gasteiger partial charge on any atom is -0.368 e. The Labute approximate surface area is 179 Å². The van der Waals surface area contributed by atoms with Gasteiger partial charge in [0, 0.05) is 6.20 Å². The predicted molar refractivity (Wildman–Crippen MR) is 119 cm³/mol. The van der Waals surface area contributed by atoms with E-state index in [9.17, 15) is 4.79 Å². The Bertz CT molecular complexity index is 1260. The number of benzene rings is 2. The van der Waals surface area contributed by atoms with Crippen molar-refractivity contribution in [1.29, 1.82) is 0 Å². The van der Waals surface area contributed by atoms with E-state index in [-0.39, 0.29) is 17.5 Å². The first-order chi connectivity index (χ1) is 14.0. The summed E-state index contributed by atoms with van der Waals surface area (Å²) in [4.78, 5) is 26.3. The van der Waals surface area contributed by atoms with Crippen LogP contribution in [0.3, 0.4) is 0 Å². The molecule has 0 aliphatic rings. The quantitative estimate of drug-likeness (QED) is 0.459. The Morgan fingerprint density at radius 3 is 2.66 bits per heavy atom. The van der Waals surface area contributed by atoms with Crippen LogP contribution in [0.5, 0.6) is 0 Å². The highest BCUT2D eigenvalue weighted by Gasteiger charge is 2.20. The largest absolute Gasteiger partial charge is 0.368 e. The number of nitrogens with one attached hydrogen (secondary N) is 1. The Morgan fingerprint density at radius 1 is 1.14 bits per heavy atom. The maximum absolute atomic E-state index is 13.4. The van der Waals surface area contributed by atoms with Gasteiger partial charge in [-0.3, -0.25) is 9.36 Å². The normalized spacial score (nSPS) is 12.1. The molecule has 0 aliphatic heterocycles. The van der Waals surface area contributed by atoms with Crippen molar-refractivity contribution in [2.75, 3.05) is 11.1 Å². The highest BCUT2D eigenvalue weighted by atomic mass is 79.9. The lowest BCUT2D eigenvalue weighted by molar-refractivity contribution is 0.730. The van der Waals surface area contributed by atoms with Gasteiger partial charge in [-0.25, -0.2) is 9.97 Å². The Hall–Kier alpha value is -2.97. The number of aromatic nitrogens is 4. The van der Waals surface area contributed by atoms with Crippen LogP contribution < -0.4 is 16.6 Å². The van der Waals surface area contributed by atoms with E-state index in [2.05, 4.69) is 31.2 Å². The van der Waals surface area contributed by atoms with Gasteiger partial charge < -0.3 is 11.1 Å². The number of rotatable bonds is 4. The molecule has 0 spiro atoms.